The number of likely N-dealkylation sites (N-methyl/N-ethyl adjacent to an activating group) is 1. The van der Waals surface area contributed by atoms with Crippen LogP contribution in [-0.2, 0) is 10.2 Å². The third-order valence-electron chi connectivity index (χ3n) is 4.70. The molecule has 4 nitrogen and oxygen atoms in total. The lowest BCUT2D eigenvalue weighted by atomic mass is 9.87. The van der Waals surface area contributed by atoms with Crippen molar-refractivity contribution < 1.29 is 9.53 Å². The fourth-order valence-corrected chi connectivity index (χ4v) is 3.18. The van der Waals surface area contributed by atoms with Gasteiger partial charge in [0.15, 0.2) is 0 Å². The van der Waals surface area contributed by atoms with Crippen LogP contribution in [0, 0.1) is 5.92 Å². The monoisotopic (exact) mass is 310 g/mol. The zero-order valence-corrected chi connectivity index (χ0v) is 13.3. The smallest absolute Gasteiger partial charge is 0.224 e. The molecule has 0 saturated heterocycles. The Morgan fingerprint density at radius 2 is 2.24 bits per heavy atom. The molecule has 1 aliphatic carbocycles. The van der Waals surface area contributed by atoms with E-state index in [0.717, 1.165) is 18.6 Å². The molecule has 0 bridgehead atoms. The van der Waals surface area contributed by atoms with Crippen molar-refractivity contribution in [1.82, 2.24) is 10.6 Å². The van der Waals surface area contributed by atoms with Crippen LogP contribution >= 0.6 is 12.4 Å². The number of amides is 1. The quantitative estimate of drug-likeness (QED) is 0.892. The van der Waals surface area contributed by atoms with Crippen LogP contribution < -0.4 is 15.4 Å². The minimum absolute atomic E-state index is 0. The highest BCUT2D eigenvalue weighted by Gasteiger charge is 2.60. The van der Waals surface area contributed by atoms with Gasteiger partial charge in [-0.25, -0.2) is 0 Å². The van der Waals surface area contributed by atoms with Gasteiger partial charge in [0, 0.05) is 29.5 Å². The number of fused-ring (bicyclic) bond motifs is 2. The van der Waals surface area contributed by atoms with E-state index in [4.69, 9.17) is 4.74 Å². The summed E-state index contributed by atoms with van der Waals surface area (Å²) in [5, 5.41) is 6.19. The second-order valence-corrected chi connectivity index (χ2v) is 5.94. The Labute approximate surface area is 132 Å². The Morgan fingerprint density at radius 3 is 3.00 bits per heavy atom. The minimum Gasteiger partial charge on any atom is -0.493 e. The molecule has 1 aliphatic heterocycles. The number of nitrogens with one attached hydrogen (secondary N) is 2. The summed E-state index contributed by atoms with van der Waals surface area (Å²) < 4.78 is 5.70. The Kier molecular flexibility index (Phi) is 4.79. The van der Waals surface area contributed by atoms with Crippen LogP contribution in [0.3, 0.4) is 0 Å². The van der Waals surface area contributed by atoms with Crippen molar-refractivity contribution in [3.8, 4) is 5.75 Å². The SMILES string of the molecule is CNC(C)CNC(=O)C1CC12CCOc1ccccc12.Cl. The number of hydrogen-bond donors (Lipinski definition) is 2. The molecule has 1 amide bonds. The van der Waals surface area contributed by atoms with Gasteiger partial charge in [0.05, 0.1) is 6.61 Å². The summed E-state index contributed by atoms with van der Waals surface area (Å²) in [5.74, 6) is 1.25. The zero-order valence-electron chi connectivity index (χ0n) is 12.5. The lowest BCUT2D eigenvalue weighted by Crippen LogP contribution is -2.39. The van der Waals surface area contributed by atoms with E-state index < -0.39 is 0 Å². The summed E-state index contributed by atoms with van der Waals surface area (Å²) >= 11 is 0. The van der Waals surface area contributed by atoms with E-state index in [2.05, 4.69) is 23.6 Å². The van der Waals surface area contributed by atoms with Gasteiger partial charge in [0.1, 0.15) is 5.75 Å². The first-order valence-corrected chi connectivity index (χ1v) is 7.34. The lowest BCUT2D eigenvalue weighted by Gasteiger charge is -2.26. The van der Waals surface area contributed by atoms with Crippen molar-refractivity contribution in [2.45, 2.75) is 31.2 Å². The first kappa shape index (κ1) is 16.1. The number of halogens is 1. The molecule has 3 atom stereocenters. The average Bonchev–Trinajstić information content (AvgIpc) is 3.20. The first-order valence-electron chi connectivity index (χ1n) is 7.34. The zero-order chi connectivity index (χ0) is 14.2. The van der Waals surface area contributed by atoms with Gasteiger partial charge in [-0.1, -0.05) is 18.2 Å². The van der Waals surface area contributed by atoms with Crippen molar-refractivity contribution >= 4 is 18.3 Å². The van der Waals surface area contributed by atoms with E-state index in [-0.39, 0.29) is 29.6 Å². The van der Waals surface area contributed by atoms with Gasteiger partial charge in [0.25, 0.3) is 0 Å². The molecular formula is C16H23ClN2O2. The van der Waals surface area contributed by atoms with Gasteiger partial charge in [-0.3, -0.25) is 4.79 Å². The molecule has 2 N–H and O–H groups in total. The molecule has 0 aromatic heterocycles. The molecule has 1 heterocycles. The van der Waals surface area contributed by atoms with Gasteiger partial charge >= 0.3 is 0 Å². The molecule has 1 aromatic carbocycles. The first-order chi connectivity index (χ1) is 9.67. The van der Waals surface area contributed by atoms with E-state index in [0.29, 0.717) is 19.2 Å². The predicted octanol–water partition coefficient (Wildman–Crippen LogP) is 1.87. The van der Waals surface area contributed by atoms with E-state index in [1.165, 1.54) is 5.56 Å². The molecule has 3 unspecified atom stereocenters. The maximum absolute atomic E-state index is 12.3. The predicted molar refractivity (Wildman–Crippen MR) is 85.1 cm³/mol. The molecule has 1 fully saturated rings. The van der Waals surface area contributed by atoms with Crippen molar-refractivity contribution in [2.24, 2.45) is 5.92 Å². The number of carbonyl (C=O) groups is 1. The van der Waals surface area contributed by atoms with E-state index in [1.54, 1.807) is 0 Å². The summed E-state index contributed by atoms with van der Waals surface area (Å²) in [4.78, 5) is 12.3. The topological polar surface area (TPSA) is 50.4 Å². The van der Waals surface area contributed by atoms with Crippen LogP contribution in [0.25, 0.3) is 0 Å². The Balaban J connectivity index is 0.00000161. The lowest BCUT2D eigenvalue weighted by molar-refractivity contribution is -0.122. The highest BCUT2D eigenvalue weighted by molar-refractivity contribution is 5.85. The summed E-state index contributed by atoms with van der Waals surface area (Å²) in [5.41, 5.74) is 1.25. The minimum atomic E-state index is 0. The van der Waals surface area contributed by atoms with Gasteiger partial charge in [-0.2, -0.15) is 0 Å². The van der Waals surface area contributed by atoms with Crippen molar-refractivity contribution in [3.63, 3.8) is 0 Å². The Bertz CT molecular complexity index is 523. The molecule has 0 radical (unpaired) electrons. The number of ether oxygens (including phenoxy) is 1. The van der Waals surface area contributed by atoms with Crippen LogP contribution in [-0.4, -0.2) is 32.1 Å². The molecular weight excluding hydrogens is 288 g/mol. The highest BCUT2D eigenvalue weighted by atomic mass is 35.5. The molecule has 2 aliphatic rings. The van der Waals surface area contributed by atoms with Crippen LogP contribution in [0.1, 0.15) is 25.3 Å². The van der Waals surface area contributed by atoms with Gasteiger partial charge in [-0.05, 0) is 32.9 Å². The number of para-hydroxylation sites is 1. The highest BCUT2D eigenvalue weighted by Crippen LogP contribution is 2.60. The van der Waals surface area contributed by atoms with E-state index in [9.17, 15) is 4.79 Å². The van der Waals surface area contributed by atoms with Crippen molar-refractivity contribution in [1.29, 1.82) is 0 Å². The number of carbonyl (C=O) groups excluding carboxylic acids is 1. The summed E-state index contributed by atoms with van der Waals surface area (Å²) in [6.07, 6.45) is 1.90. The van der Waals surface area contributed by atoms with Gasteiger partial charge in [0.2, 0.25) is 5.91 Å². The fraction of sp³-hybridized carbons (Fsp3) is 0.562. The summed E-state index contributed by atoms with van der Waals surface area (Å²) in [6, 6.07) is 8.44. The van der Waals surface area contributed by atoms with Gasteiger partial charge < -0.3 is 15.4 Å². The van der Waals surface area contributed by atoms with Crippen LogP contribution in [0.2, 0.25) is 0 Å². The molecule has 1 spiro atoms. The third-order valence-corrected chi connectivity index (χ3v) is 4.70. The van der Waals surface area contributed by atoms with Crippen molar-refractivity contribution in [2.75, 3.05) is 20.2 Å². The maximum atomic E-state index is 12.3. The van der Waals surface area contributed by atoms with Crippen LogP contribution in [0.4, 0.5) is 0 Å². The average molecular weight is 311 g/mol. The summed E-state index contributed by atoms with van der Waals surface area (Å²) in [6.45, 7) is 3.46. The molecule has 1 saturated carbocycles. The number of benzene rings is 1. The van der Waals surface area contributed by atoms with Crippen LogP contribution in [0.5, 0.6) is 5.75 Å². The maximum Gasteiger partial charge on any atom is 0.224 e. The Morgan fingerprint density at radius 1 is 1.48 bits per heavy atom. The third kappa shape index (κ3) is 2.87. The summed E-state index contributed by atoms with van der Waals surface area (Å²) in [7, 11) is 1.91. The van der Waals surface area contributed by atoms with E-state index >= 15 is 0 Å². The number of rotatable bonds is 4. The Hall–Kier alpha value is -1.26. The normalized spacial score (nSPS) is 27.0. The van der Waals surface area contributed by atoms with Crippen molar-refractivity contribution in [3.05, 3.63) is 29.8 Å². The van der Waals surface area contributed by atoms with E-state index in [1.807, 2.05) is 25.2 Å². The standard InChI is InChI=1S/C16H22N2O2.ClH/c1-11(17-2)10-18-15(19)13-9-16(13)7-8-20-14-6-4-3-5-12(14)16;/h3-6,11,13,17H,7-10H2,1-2H3,(H,18,19);1H. The largest absolute Gasteiger partial charge is 0.493 e. The molecule has 3 rings (SSSR count). The molecule has 5 heteroatoms. The molecule has 1 aromatic rings. The number of hydrogen-bond acceptors (Lipinski definition) is 3. The second kappa shape index (κ2) is 6.24. The van der Waals surface area contributed by atoms with Gasteiger partial charge in [-0.15, -0.1) is 12.4 Å². The van der Waals surface area contributed by atoms with Crippen LogP contribution in [0.15, 0.2) is 24.3 Å². The molecule has 116 valence electrons. The second-order valence-electron chi connectivity index (χ2n) is 5.94. The molecule has 21 heavy (non-hydrogen) atoms. The fourth-order valence-electron chi connectivity index (χ4n) is 3.18.